The van der Waals surface area contributed by atoms with Gasteiger partial charge in [-0.05, 0) is 90.4 Å². The van der Waals surface area contributed by atoms with E-state index in [0.717, 1.165) is 5.92 Å². The van der Waals surface area contributed by atoms with Crippen LogP contribution in [0.25, 0.3) is 0 Å². The van der Waals surface area contributed by atoms with Gasteiger partial charge in [0.15, 0.2) is 0 Å². The molecule has 1 atom stereocenters. The Bertz CT molecular complexity index is 210. The van der Waals surface area contributed by atoms with Gasteiger partial charge in [-0.3, -0.25) is 0 Å². The summed E-state index contributed by atoms with van der Waals surface area (Å²) >= 11 is 0. The molecular formula is C17H37N3. The second-order valence-electron chi connectivity index (χ2n) is 6.17. The van der Waals surface area contributed by atoms with Gasteiger partial charge in [0.1, 0.15) is 0 Å². The largest absolute Gasteiger partial charge is 0.316 e. The molecule has 1 fully saturated rings. The Morgan fingerprint density at radius 3 is 2.15 bits per heavy atom. The Morgan fingerprint density at radius 1 is 0.900 bits per heavy atom. The van der Waals surface area contributed by atoms with E-state index in [2.05, 4.69) is 35.9 Å². The van der Waals surface area contributed by atoms with Crippen LogP contribution in [0, 0.1) is 5.92 Å². The number of hydrogen-bond donors (Lipinski definition) is 1. The van der Waals surface area contributed by atoms with Crippen molar-refractivity contribution in [2.24, 2.45) is 5.92 Å². The third kappa shape index (κ3) is 7.61. The first kappa shape index (κ1) is 17.9. The first-order chi connectivity index (χ1) is 9.80. The van der Waals surface area contributed by atoms with E-state index in [0.29, 0.717) is 0 Å². The summed E-state index contributed by atoms with van der Waals surface area (Å²) in [5.41, 5.74) is 0. The van der Waals surface area contributed by atoms with Crippen LogP contribution in [-0.2, 0) is 0 Å². The van der Waals surface area contributed by atoms with E-state index in [4.69, 9.17) is 0 Å². The highest BCUT2D eigenvalue weighted by Crippen LogP contribution is 2.16. The molecule has 0 aromatic carbocycles. The van der Waals surface area contributed by atoms with E-state index < -0.39 is 0 Å². The lowest BCUT2D eigenvalue weighted by molar-refractivity contribution is 0.233. The second-order valence-corrected chi connectivity index (χ2v) is 6.17. The quantitative estimate of drug-likeness (QED) is 0.629. The molecule has 0 aromatic rings. The maximum absolute atomic E-state index is 3.53. The van der Waals surface area contributed by atoms with Crippen molar-refractivity contribution >= 4 is 0 Å². The zero-order valence-electron chi connectivity index (χ0n) is 14.2. The normalized spacial score (nSPS) is 19.9. The number of nitrogens with zero attached hydrogens (tertiary/aromatic N) is 2. The van der Waals surface area contributed by atoms with Crippen LogP contribution in [-0.4, -0.2) is 62.2 Å². The molecule has 3 heteroatoms. The lowest BCUT2D eigenvalue weighted by atomic mass is 9.94. The summed E-state index contributed by atoms with van der Waals surface area (Å²) in [5.74, 6) is 0.943. The maximum atomic E-state index is 3.53. The van der Waals surface area contributed by atoms with E-state index in [1.54, 1.807) is 0 Å². The van der Waals surface area contributed by atoms with Crippen molar-refractivity contribution in [3.05, 3.63) is 0 Å². The summed E-state index contributed by atoms with van der Waals surface area (Å²) in [6, 6.07) is 0. The van der Waals surface area contributed by atoms with Gasteiger partial charge in [-0.2, -0.15) is 0 Å². The molecule has 1 unspecified atom stereocenters. The maximum Gasteiger partial charge on any atom is -0.000666 e. The van der Waals surface area contributed by atoms with Crippen molar-refractivity contribution in [2.45, 2.75) is 52.9 Å². The molecule has 3 nitrogen and oxygen atoms in total. The predicted molar refractivity (Wildman–Crippen MR) is 89.3 cm³/mol. The molecule has 1 rings (SSSR count). The minimum Gasteiger partial charge on any atom is -0.316 e. The number of hydrogen-bond acceptors (Lipinski definition) is 3. The highest BCUT2D eigenvalue weighted by Gasteiger charge is 2.13. The molecule has 20 heavy (non-hydrogen) atoms. The van der Waals surface area contributed by atoms with Crippen LogP contribution in [0.4, 0.5) is 0 Å². The van der Waals surface area contributed by atoms with E-state index >= 15 is 0 Å². The zero-order valence-corrected chi connectivity index (χ0v) is 14.2. The van der Waals surface area contributed by atoms with Crippen LogP contribution in [0.3, 0.4) is 0 Å². The molecule has 0 amide bonds. The Kier molecular flexibility index (Phi) is 10.3. The zero-order chi connectivity index (χ0) is 14.6. The molecule has 0 saturated carbocycles. The fraction of sp³-hybridized carbons (Fsp3) is 1.00. The summed E-state index contributed by atoms with van der Waals surface area (Å²) < 4.78 is 0. The molecule has 1 aliphatic heterocycles. The SMILES string of the molecule is CCN(CC)CCCN(CC)CCCC1CCCNC1. The van der Waals surface area contributed by atoms with Crippen molar-refractivity contribution in [2.75, 3.05) is 52.4 Å². The van der Waals surface area contributed by atoms with Crippen molar-refractivity contribution in [3.63, 3.8) is 0 Å². The van der Waals surface area contributed by atoms with Crippen LogP contribution in [0.1, 0.15) is 52.9 Å². The highest BCUT2D eigenvalue weighted by molar-refractivity contribution is 4.70. The molecule has 1 N–H and O–H groups in total. The van der Waals surface area contributed by atoms with Gasteiger partial charge in [-0.25, -0.2) is 0 Å². The summed E-state index contributed by atoms with van der Waals surface area (Å²) in [5, 5.41) is 3.53. The Morgan fingerprint density at radius 2 is 1.55 bits per heavy atom. The van der Waals surface area contributed by atoms with E-state index in [1.165, 1.54) is 84.5 Å². The van der Waals surface area contributed by atoms with Gasteiger partial charge in [-0.1, -0.05) is 20.8 Å². The minimum absolute atomic E-state index is 0.943. The predicted octanol–water partition coefficient (Wildman–Crippen LogP) is 2.82. The van der Waals surface area contributed by atoms with E-state index in [1.807, 2.05) is 0 Å². The average Bonchev–Trinajstić information content (AvgIpc) is 2.51. The van der Waals surface area contributed by atoms with Crippen LogP contribution >= 0.6 is 0 Å². The molecule has 0 aromatic heterocycles. The van der Waals surface area contributed by atoms with Gasteiger partial charge in [0.2, 0.25) is 0 Å². The fourth-order valence-corrected chi connectivity index (χ4v) is 3.26. The topological polar surface area (TPSA) is 18.5 Å². The second kappa shape index (κ2) is 11.5. The standard InChI is InChI=1S/C17H37N3/c1-4-19(5-2)14-9-15-20(6-3)13-8-11-17-10-7-12-18-16-17/h17-18H,4-16H2,1-3H3. The van der Waals surface area contributed by atoms with Crippen LogP contribution in [0.2, 0.25) is 0 Å². The molecule has 120 valence electrons. The highest BCUT2D eigenvalue weighted by atomic mass is 15.1. The lowest BCUT2D eigenvalue weighted by Gasteiger charge is -2.26. The summed E-state index contributed by atoms with van der Waals surface area (Å²) in [7, 11) is 0. The number of rotatable bonds is 11. The third-order valence-electron chi connectivity index (χ3n) is 4.78. The van der Waals surface area contributed by atoms with Gasteiger partial charge in [0.25, 0.3) is 0 Å². The van der Waals surface area contributed by atoms with Crippen molar-refractivity contribution in [3.8, 4) is 0 Å². The smallest absolute Gasteiger partial charge is 0.000666 e. The van der Waals surface area contributed by atoms with Gasteiger partial charge < -0.3 is 15.1 Å². The minimum atomic E-state index is 0.943. The summed E-state index contributed by atoms with van der Waals surface area (Å²) in [6.07, 6.45) is 6.94. The summed E-state index contributed by atoms with van der Waals surface area (Å²) in [4.78, 5) is 5.17. The van der Waals surface area contributed by atoms with Gasteiger partial charge in [0, 0.05) is 0 Å². The summed E-state index contributed by atoms with van der Waals surface area (Å²) in [6.45, 7) is 16.8. The fourth-order valence-electron chi connectivity index (χ4n) is 3.26. The number of nitrogens with one attached hydrogen (secondary N) is 1. The molecule has 1 aliphatic rings. The molecule has 0 radical (unpaired) electrons. The lowest BCUT2D eigenvalue weighted by Crippen LogP contribution is -2.32. The molecule has 0 spiro atoms. The Balaban J connectivity index is 2.06. The van der Waals surface area contributed by atoms with Gasteiger partial charge in [0.05, 0.1) is 0 Å². The monoisotopic (exact) mass is 283 g/mol. The first-order valence-electron chi connectivity index (χ1n) is 8.95. The molecule has 0 aliphatic carbocycles. The Hall–Kier alpha value is -0.120. The third-order valence-corrected chi connectivity index (χ3v) is 4.78. The van der Waals surface area contributed by atoms with Crippen LogP contribution < -0.4 is 5.32 Å². The molecule has 1 heterocycles. The van der Waals surface area contributed by atoms with Crippen molar-refractivity contribution < 1.29 is 0 Å². The van der Waals surface area contributed by atoms with Crippen molar-refractivity contribution in [1.82, 2.24) is 15.1 Å². The van der Waals surface area contributed by atoms with Gasteiger partial charge >= 0.3 is 0 Å². The van der Waals surface area contributed by atoms with E-state index in [9.17, 15) is 0 Å². The van der Waals surface area contributed by atoms with E-state index in [-0.39, 0.29) is 0 Å². The Labute approximate surface area is 127 Å². The van der Waals surface area contributed by atoms with Crippen LogP contribution in [0.5, 0.6) is 0 Å². The van der Waals surface area contributed by atoms with Crippen molar-refractivity contribution in [1.29, 1.82) is 0 Å². The van der Waals surface area contributed by atoms with Crippen LogP contribution in [0.15, 0.2) is 0 Å². The molecule has 0 bridgehead atoms. The molecular weight excluding hydrogens is 246 g/mol. The average molecular weight is 284 g/mol. The van der Waals surface area contributed by atoms with Gasteiger partial charge in [-0.15, -0.1) is 0 Å². The molecule has 1 saturated heterocycles. The number of piperidine rings is 1. The first-order valence-corrected chi connectivity index (χ1v) is 8.95.